The Bertz CT molecular complexity index is 998. The third-order valence-corrected chi connectivity index (χ3v) is 6.99. The van der Waals surface area contributed by atoms with Gasteiger partial charge in [-0.25, -0.2) is 17.7 Å². The van der Waals surface area contributed by atoms with E-state index in [1.165, 1.54) is 42.6 Å². The molecule has 0 aliphatic rings. The molecule has 2 aromatic rings. The average molecular weight is 469 g/mol. The third-order valence-electron chi connectivity index (χ3n) is 4.02. The summed E-state index contributed by atoms with van der Waals surface area (Å²) >= 11 is 1.40. The van der Waals surface area contributed by atoms with Gasteiger partial charge in [0, 0.05) is 31.7 Å². The van der Waals surface area contributed by atoms with Gasteiger partial charge in [0.25, 0.3) is 5.91 Å². The zero-order valence-corrected chi connectivity index (χ0v) is 20.7. The van der Waals surface area contributed by atoms with Gasteiger partial charge < -0.3 is 11.1 Å². The molecule has 31 heavy (non-hydrogen) atoms. The van der Waals surface area contributed by atoms with Crippen molar-refractivity contribution in [1.82, 2.24) is 14.7 Å². The molecule has 0 aliphatic heterocycles. The molecule has 1 amide bonds. The maximum atomic E-state index is 12.8. The molecular formula is C20H32N6O3S2. The molecule has 0 aliphatic carbocycles. The minimum Gasteiger partial charge on any atom is -0.325 e. The fourth-order valence-corrected chi connectivity index (χ4v) is 4.35. The van der Waals surface area contributed by atoms with Crippen molar-refractivity contribution < 1.29 is 13.2 Å². The zero-order valence-electron chi connectivity index (χ0n) is 19.1. The Morgan fingerprint density at radius 1 is 1.16 bits per heavy atom. The van der Waals surface area contributed by atoms with Crippen LogP contribution in [0.1, 0.15) is 34.0 Å². The highest BCUT2D eigenvalue weighted by molar-refractivity contribution is 7.89. The first-order chi connectivity index (χ1) is 14.6. The molecule has 0 bridgehead atoms. The van der Waals surface area contributed by atoms with E-state index in [2.05, 4.69) is 15.7 Å². The van der Waals surface area contributed by atoms with Crippen LogP contribution in [-0.4, -0.2) is 57.4 Å². The lowest BCUT2D eigenvalue weighted by Gasteiger charge is -2.23. The highest BCUT2D eigenvalue weighted by Gasteiger charge is 2.20. The van der Waals surface area contributed by atoms with Gasteiger partial charge in [-0.05, 0) is 49.7 Å². The van der Waals surface area contributed by atoms with Crippen LogP contribution >= 0.6 is 11.3 Å². The van der Waals surface area contributed by atoms with Crippen LogP contribution in [0, 0.1) is 13.8 Å². The molecule has 0 spiro atoms. The standard InChI is InChI=1S/C18H26N6O3S2.C2H6/c1-12-10-13(2)28-16(12)17(25)24(11-19)22-18(20-3)21-14-6-8-15(9-7-14)29(26,27)23(4)5;1-2/h6-10H,11,19H2,1-5H3,(H2,20,21,22);1-2H3. The summed E-state index contributed by atoms with van der Waals surface area (Å²) in [5.41, 5.74) is 10.1. The lowest BCUT2D eigenvalue weighted by Crippen LogP contribution is -2.51. The second kappa shape index (κ2) is 11.8. The van der Waals surface area contributed by atoms with Crippen LogP contribution in [0.4, 0.5) is 5.69 Å². The summed E-state index contributed by atoms with van der Waals surface area (Å²) in [4.78, 5) is 18.7. The molecule has 4 N–H and O–H groups in total. The highest BCUT2D eigenvalue weighted by atomic mass is 32.2. The maximum absolute atomic E-state index is 12.8. The Hall–Kier alpha value is -2.47. The number of benzene rings is 1. The van der Waals surface area contributed by atoms with E-state index in [0.29, 0.717) is 10.6 Å². The average Bonchev–Trinajstić information content (AvgIpc) is 3.10. The topological polar surface area (TPSA) is 120 Å². The van der Waals surface area contributed by atoms with Crippen molar-refractivity contribution in [3.05, 3.63) is 45.6 Å². The summed E-state index contributed by atoms with van der Waals surface area (Å²) in [6.07, 6.45) is 0. The lowest BCUT2D eigenvalue weighted by atomic mass is 10.2. The summed E-state index contributed by atoms with van der Waals surface area (Å²) in [6.45, 7) is 7.76. The molecule has 0 saturated carbocycles. The van der Waals surface area contributed by atoms with Gasteiger partial charge in [-0.3, -0.25) is 15.2 Å². The van der Waals surface area contributed by atoms with E-state index < -0.39 is 10.0 Å². The van der Waals surface area contributed by atoms with E-state index in [1.807, 2.05) is 33.8 Å². The number of guanidine groups is 1. The number of carbonyl (C=O) groups is 1. The van der Waals surface area contributed by atoms with Crippen molar-refractivity contribution in [2.24, 2.45) is 10.7 Å². The Labute approximate surface area is 189 Å². The van der Waals surface area contributed by atoms with Crippen LogP contribution in [-0.2, 0) is 10.0 Å². The van der Waals surface area contributed by atoms with E-state index >= 15 is 0 Å². The normalized spacial score (nSPS) is 11.6. The summed E-state index contributed by atoms with van der Waals surface area (Å²) in [5, 5.41) is 4.27. The SMILES string of the molecule is CC.CN=C(Nc1ccc(S(=O)(=O)N(C)C)cc1)NN(CN)C(=O)c1sc(C)cc1C. The first kappa shape index (κ1) is 26.6. The van der Waals surface area contributed by atoms with Gasteiger partial charge in [0.1, 0.15) is 0 Å². The largest absolute Gasteiger partial charge is 0.325 e. The van der Waals surface area contributed by atoms with E-state index in [4.69, 9.17) is 5.73 Å². The van der Waals surface area contributed by atoms with Crippen LogP contribution in [0.2, 0.25) is 0 Å². The van der Waals surface area contributed by atoms with Crippen LogP contribution in [0.5, 0.6) is 0 Å². The summed E-state index contributed by atoms with van der Waals surface area (Å²) in [5.74, 6) is 0.0384. The van der Waals surface area contributed by atoms with E-state index in [-0.39, 0.29) is 23.4 Å². The molecule has 0 radical (unpaired) electrons. The number of thiophene rings is 1. The zero-order chi connectivity index (χ0) is 23.8. The molecule has 0 saturated heterocycles. The number of carbonyl (C=O) groups excluding carboxylic acids is 1. The number of amides is 1. The molecule has 2 rings (SSSR count). The number of rotatable bonds is 5. The van der Waals surface area contributed by atoms with Crippen LogP contribution in [0.25, 0.3) is 0 Å². The van der Waals surface area contributed by atoms with E-state index in [9.17, 15) is 13.2 Å². The van der Waals surface area contributed by atoms with Gasteiger partial charge in [-0.2, -0.15) is 0 Å². The van der Waals surface area contributed by atoms with Crippen molar-refractivity contribution in [2.45, 2.75) is 32.6 Å². The van der Waals surface area contributed by atoms with Gasteiger partial charge in [0.2, 0.25) is 16.0 Å². The number of anilines is 1. The van der Waals surface area contributed by atoms with Crippen LogP contribution in [0.15, 0.2) is 40.2 Å². The third kappa shape index (κ3) is 6.76. The predicted octanol–water partition coefficient (Wildman–Crippen LogP) is 2.60. The Kier molecular flexibility index (Phi) is 10.1. The second-order valence-electron chi connectivity index (χ2n) is 6.41. The molecule has 9 nitrogen and oxygen atoms in total. The van der Waals surface area contributed by atoms with Crippen molar-refractivity contribution >= 4 is 38.9 Å². The molecule has 0 fully saturated rings. The monoisotopic (exact) mass is 468 g/mol. The van der Waals surface area contributed by atoms with Crippen LogP contribution in [0.3, 0.4) is 0 Å². The number of aryl methyl sites for hydroxylation is 2. The summed E-state index contributed by atoms with van der Waals surface area (Å²) < 4.78 is 25.5. The molecule has 172 valence electrons. The van der Waals surface area contributed by atoms with E-state index in [1.54, 1.807) is 19.2 Å². The molecule has 1 aromatic heterocycles. The van der Waals surface area contributed by atoms with E-state index in [0.717, 1.165) is 14.7 Å². The maximum Gasteiger partial charge on any atom is 0.283 e. The lowest BCUT2D eigenvalue weighted by molar-refractivity contribution is 0.0719. The molecule has 11 heteroatoms. The van der Waals surface area contributed by atoms with Crippen molar-refractivity contribution in [3.63, 3.8) is 0 Å². The molecule has 0 atom stereocenters. The quantitative estimate of drug-likeness (QED) is 0.268. The second-order valence-corrected chi connectivity index (χ2v) is 9.81. The van der Waals surface area contributed by atoms with Crippen molar-refractivity contribution in [1.29, 1.82) is 0 Å². The Morgan fingerprint density at radius 3 is 2.16 bits per heavy atom. The molecule has 1 aromatic carbocycles. The van der Waals surface area contributed by atoms with Crippen LogP contribution < -0.4 is 16.5 Å². The molecule has 0 unspecified atom stereocenters. The fraction of sp³-hybridized carbons (Fsp3) is 0.400. The minimum absolute atomic E-state index is 0.0596. The number of hydrogen-bond donors (Lipinski definition) is 3. The number of hydrogen-bond acceptors (Lipinski definition) is 6. The number of hydrazine groups is 1. The summed E-state index contributed by atoms with van der Waals surface area (Å²) in [6, 6.07) is 8.17. The van der Waals surface area contributed by atoms with Crippen molar-refractivity contribution in [3.8, 4) is 0 Å². The fourth-order valence-electron chi connectivity index (χ4n) is 2.48. The Balaban J connectivity index is 0.00000233. The smallest absolute Gasteiger partial charge is 0.283 e. The summed E-state index contributed by atoms with van der Waals surface area (Å²) in [7, 11) is 1.00. The number of nitrogens with two attached hydrogens (primary N) is 1. The first-order valence-corrected chi connectivity index (χ1v) is 12.0. The molecular weight excluding hydrogens is 436 g/mol. The molecule has 1 heterocycles. The number of aliphatic imine (C=N–C) groups is 1. The highest BCUT2D eigenvalue weighted by Crippen LogP contribution is 2.22. The van der Waals surface area contributed by atoms with Gasteiger partial charge >= 0.3 is 0 Å². The van der Waals surface area contributed by atoms with Gasteiger partial charge in [-0.15, -0.1) is 11.3 Å². The van der Waals surface area contributed by atoms with Crippen molar-refractivity contribution in [2.75, 3.05) is 33.1 Å². The van der Waals surface area contributed by atoms with Gasteiger partial charge in [-0.1, -0.05) is 13.8 Å². The number of nitrogens with zero attached hydrogens (tertiary/aromatic N) is 3. The number of sulfonamides is 1. The predicted molar refractivity (Wildman–Crippen MR) is 128 cm³/mol. The van der Waals surface area contributed by atoms with Gasteiger partial charge in [0.15, 0.2) is 0 Å². The minimum atomic E-state index is -3.50. The Morgan fingerprint density at radius 2 is 1.74 bits per heavy atom. The number of nitrogens with one attached hydrogen (secondary N) is 2. The van der Waals surface area contributed by atoms with Gasteiger partial charge in [0.05, 0.1) is 16.4 Å². The first-order valence-electron chi connectivity index (χ1n) is 9.72.